The molecule has 1 unspecified atom stereocenters. The molecule has 0 aliphatic carbocycles. The van der Waals surface area contributed by atoms with Crippen molar-refractivity contribution < 1.29 is 14.3 Å². The quantitative estimate of drug-likeness (QED) is 0.691. The number of rotatable bonds is 5. The van der Waals surface area contributed by atoms with Crippen molar-refractivity contribution in [2.45, 2.75) is 19.4 Å². The molecule has 3 aromatic rings. The van der Waals surface area contributed by atoms with Gasteiger partial charge in [-0.05, 0) is 37.1 Å². The molecule has 0 fully saturated rings. The molecule has 1 atom stereocenters. The average Bonchev–Trinajstić information content (AvgIpc) is 3.25. The molecule has 0 radical (unpaired) electrons. The van der Waals surface area contributed by atoms with E-state index in [9.17, 15) is 9.59 Å². The van der Waals surface area contributed by atoms with Gasteiger partial charge in [-0.25, -0.2) is 4.98 Å². The first kappa shape index (κ1) is 18.2. The lowest BCUT2D eigenvalue weighted by atomic mass is 10.1. The monoisotopic (exact) mass is 378 g/mol. The van der Waals surface area contributed by atoms with Crippen LogP contribution in [-0.2, 0) is 11.2 Å². The highest BCUT2D eigenvalue weighted by atomic mass is 16.5. The van der Waals surface area contributed by atoms with Crippen molar-refractivity contribution in [2.24, 2.45) is 0 Å². The third-order valence-corrected chi connectivity index (χ3v) is 4.97. The Kier molecular flexibility index (Phi) is 4.83. The highest BCUT2D eigenvalue weighted by Crippen LogP contribution is 2.33. The van der Waals surface area contributed by atoms with E-state index in [2.05, 4.69) is 10.3 Å². The largest absolute Gasteiger partial charge is 0.383 e. The second-order valence-electron chi connectivity index (χ2n) is 6.85. The number of fused-ring (bicyclic) bond motifs is 2. The van der Waals surface area contributed by atoms with Crippen molar-refractivity contribution in [3.63, 3.8) is 0 Å². The molecule has 4 rings (SSSR count). The van der Waals surface area contributed by atoms with Gasteiger partial charge in [0.15, 0.2) is 5.69 Å². The topological polar surface area (TPSA) is 75.9 Å². The van der Waals surface area contributed by atoms with Crippen molar-refractivity contribution in [3.05, 3.63) is 65.7 Å². The molecule has 0 saturated heterocycles. The lowest BCUT2D eigenvalue weighted by Gasteiger charge is -2.21. The fourth-order valence-electron chi connectivity index (χ4n) is 3.69. The van der Waals surface area contributed by atoms with Gasteiger partial charge < -0.3 is 15.0 Å². The van der Waals surface area contributed by atoms with Crippen LogP contribution in [0.4, 0.5) is 5.69 Å². The van der Waals surface area contributed by atoms with Crippen LogP contribution in [0, 0.1) is 0 Å². The van der Waals surface area contributed by atoms with Crippen LogP contribution in [0.15, 0.2) is 48.7 Å². The average molecular weight is 378 g/mol. The summed E-state index contributed by atoms with van der Waals surface area (Å²) in [7, 11) is 1.57. The van der Waals surface area contributed by atoms with E-state index in [-0.39, 0.29) is 29.4 Å². The number of imidazole rings is 1. The summed E-state index contributed by atoms with van der Waals surface area (Å²) in [5.41, 5.74) is 2.88. The van der Waals surface area contributed by atoms with Gasteiger partial charge in [0.2, 0.25) is 5.82 Å². The minimum atomic E-state index is -0.324. The van der Waals surface area contributed by atoms with Gasteiger partial charge in [-0.2, -0.15) is 0 Å². The van der Waals surface area contributed by atoms with Crippen LogP contribution in [0.3, 0.4) is 0 Å². The van der Waals surface area contributed by atoms with Crippen LogP contribution in [-0.4, -0.2) is 47.5 Å². The molecule has 0 saturated carbocycles. The molecule has 1 aromatic carbocycles. The van der Waals surface area contributed by atoms with E-state index in [4.69, 9.17) is 4.74 Å². The van der Waals surface area contributed by atoms with Gasteiger partial charge in [0.1, 0.15) is 0 Å². The zero-order chi connectivity index (χ0) is 19.7. The highest BCUT2D eigenvalue weighted by Gasteiger charge is 2.34. The molecule has 1 N–H and O–H groups in total. The normalized spacial score (nSPS) is 15.6. The zero-order valence-electron chi connectivity index (χ0n) is 15.9. The first-order chi connectivity index (χ1) is 13.6. The first-order valence-electron chi connectivity index (χ1n) is 9.27. The minimum absolute atomic E-state index is 0.0277. The number of para-hydroxylation sites is 1. The van der Waals surface area contributed by atoms with Crippen LogP contribution in [0.5, 0.6) is 0 Å². The van der Waals surface area contributed by atoms with E-state index in [1.54, 1.807) is 28.7 Å². The Morgan fingerprint density at radius 2 is 2.00 bits per heavy atom. The number of amides is 2. The minimum Gasteiger partial charge on any atom is -0.383 e. The third-order valence-electron chi connectivity index (χ3n) is 4.97. The number of nitrogens with one attached hydrogen (secondary N) is 1. The molecule has 0 bridgehead atoms. The summed E-state index contributed by atoms with van der Waals surface area (Å²) in [5.74, 6) is -0.305. The molecule has 144 valence electrons. The van der Waals surface area contributed by atoms with Gasteiger partial charge in [0.05, 0.1) is 12.1 Å². The Morgan fingerprint density at radius 1 is 1.21 bits per heavy atom. The van der Waals surface area contributed by atoms with E-state index in [0.29, 0.717) is 18.7 Å². The number of pyridine rings is 1. The van der Waals surface area contributed by atoms with Crippen LogP contribution < -0.4 is 10.2 Å². The van der Waals surface area contributed by atoms with Crippen molar-refractivity contribution in [2.75, 3.05) is 25.2 Å². The predicted molar refractivity (Wildman–Crippen MR) is 106 cm³/mol. The Bertz CT molecular complexity index is 1040. The van der Waals surface area contributed by atoms with E-state index in [1.165, 1.54) is 0 Å². The first-order valence-corrected chi connectivity index (χ1v) is 9.27. The lowest BCUT2D eigenvalue weighted by Crippen LogP contribution is -2.37. The maximum absolute atomic E-state index is 13.4. The SMILES string of the molecule is COCCNC(=O)c1nc(C(=O)N2c3ccccc3CC2C)n2ccccc12. The van der Waals surface area contributed by atoms with Crippen molar-refractivity contribution in [3.8, 4) is 0 Å². The summed E-state index contributed by atoms with van der Waals surface area (Å²) in [6, 6.07) is 13.4. The van der Waals surface area contributed by atoms with Gasteiger partial charge in [-0.15, -0.1) is 0 Å². The highest BCUT2D eigenvalue weighted by molar-refractivity contribution is 6.08. The molecule has 7 nitrogen and oxygen atoms in total. The van der Waals surface area contributed by atoms with Crippen LogP contribution in [0.1, 0.15) is 33.6 Å². The summed E-state index contributed by atoms with van der Waals surface area (Å²) in [6.45, 7) is 2.80. The van der Waals surface area contributed by atoms with Gasteiger partial charge >= 0.3 is 0 Å². The molecule has 2 aromatic heterocycles. The lowest BCUT2D eigenvalue weighted by molar-refractivity contribution is 0.0934. The van der Waals surface area contributed by atoms with E-state index < -0.39 is 0 Å². The molecule has 28 heavy (non-hydrogen) atoms. The number of methoxy groups -OCH3 is 1. The summed E-state index contributed by atoms with van der Waals surface area (Å²) >= 11 is 0. The number of nitrogens with zero attached hydrogens (tertiary/aromatic N) is 3. The standard InChI is InChI=1S/C21H22N4O3/c1-14-13-15-7-3-4-8-16(15)25(14)21(27)19-23-18(20(26)22-10-12-28-2)17-9-5-6-11-24(17)19/h3-9,11,14H,10,12-13H2,1-2H3,(H,22,26). The maximum atomic E-state index is 13.4. The second-order valence-corrected chi connectivity index (χ2v) is 6.85. The molecule has 3 heterocycles. The Hall–Kier alpha value is -3.19. The van der Waals surface area contributed by atoms with E-state index >= 15 is 0 Å². The number of ether oxygens (including phenoxy) is 1. The Labute approximate surface area is 162 Å². The number of carbonyl (C=O) groups excluding carboxylic acids is 2. The van der Waals surface area contributed by atoms with Crippen molar-refractivity contribution >= 4 is 23.0 Å². The smallest absolute Gasteiger partial charge is 0.294 e. The van der Waals surface area contributed by atoms with Gasteiger partial charge in [0.25, 0.3) is 11.8 Å². The molecular weight excluding hydrogens is 356 g/mol. The number of hydrogen-bond acceptors (Lipinski definition) is 4. The summed E-state index contributed by atoms with van der Waals surface area (Å²) in [6.07, 6.45) is 2.56. The second kappa shape index (κ2) is 7.44. The number of hydrogen-bond donors (Lipinski definition) is 1. The molecule has 1 aliphatic heterocycles. The van der Waals surface area contributed by atoms with Crippen LogP contribution >= 0.6 is 0 Å². The molecule has 0 spiro atoms. The van der Waals surface area contributed by atoms with E-state index in [1.807, 2.05) is 43.3 Å². The Morgan fingerprint density at radius 3 is 2.82 bits per heavy atom. The summed E-state index contributed by atoms with van der Waals surface area (Å²) < 4.78 is 6.65. The number of anilines is 1. The van der Waals surface area contributed by atoms with Gasteiger partial charge in [0, 0.05) is 31.6 Å². The van der Waals surface area contributed by atoms with Gasteiger partial charge in [-0.1, -0.05) is 24.3 Å². The predicted octanol–water partition coefficient (Wildman–Crippen LogP) is 2.30. The zero-order valence-corrected chi connectivity index (χ0v) is 15.9. The molecule has 1 aliphatic rings. The molecule has 2 amide bonds. The van der Waals surface area contributed by atoms with Crippen molar-refractivity contribution in [1.82, 2.24) is 14.7 Å². The van der Waals surface area contributed by atoms with E-state index in [0.717, 1.165) is 17.7 Å². The third kappa shape index (κ3) is 3.03. The number of carbonyl (C=O) groups is 2. The molecular formula is C21H22N4O3. The maximum Gasteiger partial charge on any atom is 0.294 e. The van der Waals surface area contributed by atoms with Crippen LogP contribution in [0.25, 0.3) is 5.52 Å². The van der Waals surface area contributed by atoms with Gasteiger partial charge in [-0.3, -0.25) is 14.0 Å². The summed E-state index contributed by atoms with van der Waals surface area (Å²) in [4.78, 5) is 32.2. The fourth-order valence-corrected chi connectivity index (χ4v) is 3.69. The van der Waals surface area contributed by atoms with Crippen LogP contribution in [0.2, 0.25) is 0 Å². The summed E-state index contributed by atoms with van der Waals surface area (Å²) in [5, 5.41) is 2.77. The fraction of sp³-hybridized carbons (Fsp3) is 0.286. The number of benzene rings is 1. The Balaban J connectivity index is 1.73. The van der Waals surface area contributed by atoms with Crippen molar-refractivity contribution in [1.29, 1.82) is 0 Å². The molecule has 7 heteroatoms. The number of aromatic nitrogens is 2.